The summed E-state index contributed by atoms with van der Waals surface area (Å²) in [4.78, 5) is 23.9. The van der Waals surface area contributed by atoms with Gasteiger partial charge in [0.1, 0.15) is 12.4 Å². The maximum Gasteiger partial charge on any atom is 0.407 e. The first kappa shape index (κ1) is 13.7. The second kappa shape index (κ2) is 5.23. The topological polar surface area (TPSA) is 55.4 Å². The summed E-state index contributed by atoms with van der Waals surface area (Å²) in [5.74, 6) is 0.901. The second-order valence-electron chi connectivity index (χ2n) is 6.61. The Labute approximate surface area is 119 Å². The molecule has 4 nitrogen and oxygen atoms in total. The molecule has 3 rings (SSSR count). The fourth-order valence-electron chi connectivity index (χ4n) is 4.10. The van der Waals surface area contributed by atoms with Crippen molar-refractivity contribution >= 4 is 11.9 Å². The van der Waals surface area contributed by atoms with Crippen LogP contribution in [0.15, 0.2) is 12.2 Å². The Bertz CT molecular complexity index is 439. The molecule has 0 saturated heterocycles. The van der Waals surface area contributed by atoms with Crippen LogP contribution in [-0.2, 0) is 9.53 Å². The van der Waals surface area contributed by atoms with Crippen molar-refractivity contribution in [2.24, 2.45) is 17.3 Å². The number of carbonyl (C=O) groups is 2. The van der Waals surface area contributed by atoms with Gasteiger partial charge in [-0.3, -0.25) is 4.79 Å². The maximum atomic E-state index is 12.1. The lowest BCUT2D eigenvalue weighted by atomic mass is 9.73. The summed E-state index contributed by atoms with van der Waals surface area (Å²) in [7, 11) is 0. The van der Waals surface area contributed by atoms with Gasteiger partial charge >= 0.3 is 6.09 Å². The monoisotopic (exact) mass is 277 g/mol. The predicted octanol–water partition coefficient (Wildman–Crippen LogP) is 2.83. The fraction of sp³-hybridized carbons (Fsp3) is 0.750. The molecule has 3 atom stereocenters. The standard InChI is InChI=1S/C16H23NO3/c1-11(18)16(9-12-6-7-13(16)8-12)10-20-15(19)17-14-4-2-3-5-14/h6-7,12-14H,2-5,8-10H2,1H3,(H,17,19)/t12-,13+,16+/m1/s1. The van der Waals surface area contributed by atoms with Gasteiger partial charge in [-0.1, -0.05) is 25.0 Å². The molecule has 2 bridgehead atoms. The van der Waals surface area contributed by atoms with E-state index in [0.717, 1.165) is 25.7 Å². The van der Waals surface area contributed by atoms with Crippen molar-refractivity contribution in [2.75, 3.05) is 6.61 Å². The zero-order valence-electron chi connectivity index (χ0n) is 12.1. The molecule has 0 aliphatic heterocycles. The molecule has 1 amide bonds. The SMILES string of the molecule is CC(=O)[C@@]1(COC(=O)NC2CCCC2)C[C@@H]2C=C[C@H]1C2. The van der Waals surface area contributed by atoms with E-state index in [0.29, 0.717) is 5.92 Å². The highest BCUT2D eigenvalue weighted by Crippen LogP contribution is 2.52. The minimum absolute atomic E-state index is 0.156. The first-order valence-electron chi connectivity index (χ1n) is 7.73. The molecular formula is C16H23NO3. The van der Waals surface area contributed by atoms with Crippen LogP contribution in [0, 0.1) is 17.3 Å². The smallest absolute Gasteiger partial charge is 0.407 e. The minimum Gasteiger partial charge on any atom is -0.448 e. The van der Waals surface area contributed by atoms with Gasteiger partial charge in [0.2, 0.25) is 0 Å². The Kier molecular flexibility index (Phi) is 3.57. The third-order valence-electron chi connectivity index (χ3n) is 5.35. The van der Waals surface area contributed by atoms with E-state index in [4.69, 9.17) is 4.74 Å². The molecular weight excluding hydrogens is 254 g/mol. The molecule has 0 radical (unpaired) electrons. The number of amides is 1. The molecule has 0 aromatic carbocycles. The Balaban J connectivity index is 1.57. The first-order chi connectivity index (χ1) is 9.60. The number of carbonyl (C=O) groups excluding carboxylic acids is 2. The van der Waals surface area contributed by atoms with Crippen LogP contribution in [0.1, 0.15) is 45.4 Å². The summed E-state index contributed by atoms with van der Waals surface area (Å²) >= 11 is 0. The highest BCUT2D eigenvalue weighted by molar-refractivity contribution is 5.84. The Morgan fingerprint density at radius 2 is 2.05 bits per heavy atom. The predicted molar refractivity (Wildman–Crippen MR) is 75.2 cm³/mol. The summed E-state index contributed by atoms with van der Waals surface area (Å²) in [6, 6.07) is 0.260. The van der Waals surface area contributed by atoms with Crippen LogP contribution in [-0.4, -0.2) is 24.5 Å². The lowest BCUT2D eigenvalue weighted by Gasteiger charge is -2.32. The van der Waals surface area contributed by atoms with E-state index in [-0.39, 0.29) is 30.4 Å². The Hall–Kier alpha value is -1.32. The lowest BCUT2D eigenvalue weighted by Crippen LogP contribution is -2.41. The molecule has 3 aliphatic carbocycles. The van der Waals surface area contributed by atoms with E-state index in [9.17, 15) is 9.59 Å². The average Bonchev–Trinajstić information content (AvgIpc) is 3.12. The number of fused-ring (bicyclic) bond motifs is 2. The Morgan fingerprint density at radius 1 is 1.30 bits per heavy atom. The van der Waals surface area contributed by atoms with Gasteiger partial charge in [-0.25, -0.2) is 4.79 Å². The third-order valence-corrected chi connectivity index (χ3v) is 5.35. The molecule has 2 fully saturated rings. The number of rotatable bonds is 4. The molecule has 2 saturated carbocycles. The van der Waals surface area contributed by atoms with Crippen LogP contribution in [0.2, 0.25) is 0 Å². The number of alkyl carbamates (subject to hydrolysis) is 1. The van der Waals surface area contributed by atoms with Crippen LogP contribution < -0.4 is 5.32 Å². The molecule has 110 valence electrons. The van der Waals surface area contributed by atoms with E-state index in [1.165, 1.54) is 12.8 Å². The molecule has 0 spiro atoms. The van der Waals surface area contributed by atoms with Crippen molar-refractivity contribution in [3.8, 4) is 0 Å². The van der Waals surface area contributed by atoms with Gasteiger partial charge in [0, 0.05) is 6.04 Å². The van der Waals surface area contributed by atoms with E-state index >= 15 is 0 Å². The summed E-state index contributed by atoms with van der Waals surface area (Å²) in [6.07, 6.45) is 10.3. The molecule has 3 aliphatic rings. The normalized spacial score (nSPS) is 35.5. The van der Waals surface area contributed by atoms with Crippen LogP contribution >= 0.6 is 0 Å². The summed E-state index contributed by atoms with van der Waals surface area (Å²) < 4.78 is 5.40. The number of Topliss-reactive ketones (excluding diaryl/α,β-unsaturated/α-hetero) is 1. The highest BCUT2D eigenvalue weighted by atomic mass is 16.5. The minimum atomic E-state index is -0.466. The Morgan fingerprint density at radius 3 is 2.60 bits per heavy atom. The van der Waals surface area contributed by atoms with Crippen molar-refractivity contribution in [1.29, 1.82) is 0 Å². The number of nitrogens with one attached hydrogen (secondary N) is 1. The van der Waals surface area contributed by atoms with E-state index in [1.54, 1.807) is 6.92 Å². The van der Waals surface area contributed by atoms with Gasteiger partial charge < -0.3 is 10.1 Å². The zero-order chi connectivity index (χ0) is 14.2. The van der Waals surface area contributed by atoms with Crippen LogP contribution in [0.5, 0.6) is 0 Å². The maximum absolute atomic E-state index is 12.1. The van der Waals surface area contributed by atoms with Crippen molar-refractivity contribution in [3.63, 3.8) is 0 Å². The van der Waals surface area contributed by atoms with Gasteiger partial charge in [0.05, 0.1) is 5.41 Å². The molecule has 0 heterocycles. The number of allylic oxidation sites excluding steroid dienone is 2. The molecule has 1 N–H and O–H groups in total. The zero-order valence-corrected chi connectivity index (χ0v) is 12.1. The average molecular weight is 277 g/mol. The van der Waals surface area contributed by atoms with Crippen molar-refractivity contribution in [2.45, 2.75) is 51.5 Å². The van der Waals surface area contributed by atoms with E-state index in [1.807, 2.05) is 0 Å². The van der Waals surface area contributed by atoms with E-state index in [2.05, 4.69) is 17.5 Å². The van der Waals surface area contributed by atoms with E-state index < -0.39 is 5.41 Å². The number of hydrogen-bond donors (Lipinski definition) is 1. The van der Waals surface area contributed by atoms with Gasteiger partial charge in [-0.2, -0.15) is 0 Å². The summed E-state index contributed by atoms with van der Waals surface area (Å²) in [5.41, 5.74) is -0.466. The first-order valence-corrected chi connectivity index (χ1v) is 7.73. The molecule has 20 heavy (non-hydrogen) atoms. The van der Waals surface area contributed by atoms with Crippen LogP contribution in [0.3, 0.4) is 0 Å². The largest absolute Gasteiger partial charge is 0.448 e. The second-order valence-corrected chi connectivity index (χ2v) is 6.61. The summed E-state index contributed by atoms with van der Waals surface area (Å²) in [6.45, 7) is 1.86. The summed E-state index contributed by atoms with van der Waals surface area (Å²) in [5, 5.41) is 2.91. The number of hydrogen-bond acceptors (Lipinski definition) is 3. The van der Waals surface area contributed by atoms with Crippen LogP contribution in [0.4, 0.5) is 4.79 Å². The molecule has 0 unspecified atom stereocenters. The van der Waals surface area contributed by atoms with Crippen molar-refractivity contribution in [3.05, 3.63) is 12.2 Å². The number of ketones is 1. The third kappa shape index (κ3) is 2.36. The molecule has 0 aromatic heterocycles. The van der Waals surface area contributed by atoms with Crippen molar-refractivity contribution < 1.29 is 14.3 Å². The van der Waals surface area contributed by atoms with Gasteiger partial charge in [-0.05, 0) is 44.4 Å². The van der Waals surface area contributed by atoms with Gasteiger partial charge in [0.15, 0.2) is 0 Å². The molecule has 0 aromatic rings. The number of ether oxygens (including phenoxy) is 1. The lowest BCUT2D eigenvalue weighted by molar-refractivity contribution is -0.130. The highest BCUT2D eigenvalue weighted by Gasteiger charge is 2.52. The van der Waals surface area contributed by atoms with Crippen LogP contribution in [0.25, 0.3) is 0 Å². The van der Waals surface area contributed by atoms with Gasteiger partial charge in [0.25, 0.3) is 0 Å². The molecule has 4 heteroatoms. The van der Waals surface area contributed by atoms with Crippen molar-refractivity contribution in [1.82, 2.24) is 5.32 Å². The fourth-order valence-corrected chi connectivity index (χ4v) is 4.10. The van der Waals surface area contributed by atoms with Gasteiger partial charge in [-0.15, -0.1) is 0 Å². The quantitative estimate of drug-likeness (QED) is 0.804.